The number of benzene rings is 1. The number of halogens is 3. The largest absolute Gasteiger partial charge is 0.450 e. The average molecular weight is 458 g/mol. The van der Waals surface area contributed by atoms with Crippen molar-refractivity contribution in [2.45, 2.75) is 0 Å². The first-order chi connectivity index (χ1) is 12.3. The highest BCUT2D eigenvalue weighted by Gasteiger charge is 2.29. The lowest BCUT2D eigenvalue weighted by atomic mass is 10.3. The minimum atomic E-state index is -0.696. The number of urea groups is 1. The van der Waals surface area contributed by atoms with E-state index in [0.717, 1.165) is 0 Å². The predicted molar refractivity (Wildman–Crippen MR) is 103 cm³/mol. The molecule has 0 unspecified atom stereocenters. The number of carbonyl (C=O) groups excluding carboxylic acids is 2. The van der Waals surface area contributed by atoms with Crippen molar-refractivity contribution < 1.29 is 14.0 Å². The van der Waals surface area contributed by atoms with Gasteiger partial charge >= 0.3 is 6.03 Å². The van der Waals surface area contributed by atoms with Crippen LogP contribution in [-0.4, -0.2) is 29.8 Å². The van der Waals surface area contributed by atoms with E-state index < -0.39 is 11.9 Å². The number of hydrogen-bond donors (Lipinski definition) is 2. The molecule has 1 aromatic heterocycles. The summed E-state index contributed by atoms with van der Waals surface area (Å²) in [5.74, 6) is 0.151. The van der Waals surface area contributed by atoms with Gasteiger partial charge < -0.3 is 14.6 Å². The van der Waals surface area contributed by atoms with Crippen LogP contribution in [0.4, 0.5) is 10.5 Å². The highest BCUT2D eigenvalue weighted by atomic mass is 79.9. The topological polar surface area (TPSA) is 86.9 Å². The normalized spacial score (nSPS) is 17.1. The molecule has 1 saturated heterocycles. The molecule has 2 N–H and O–H groups in total. The van der Waals surface area contributed by atoms with Crippen molar-refractivity contribution in [3.63, 3.8) is 0 Å². The quantitative estimate of drug-likeness (QED) is 0.656. The number of hydrogen-bond acceptors (Lipinski definition) is 3. The second-order valence-corrected chi connectivity index (χ2v) is 6.80. The predicted octanol–water partition coefficient (Wildman–Crippen LogP) is 4.34. The van der Waals surface area contributed by atoms with Crippen molar-refractivity contribution >= 4 is 68.8 Å². The van der Waals surface area contributed by atoms with E-state index in [4.69, 9.17) is 27.6 Å². The molecule has 1 fully saturated rings. The van der Waals surface area contributed by atoms with Crippen LogP contribution in [0.15, 0.2) is 50.1 Å². The number of aliphatic imine (C=N–C) groups is 1. The summed E-state index contributed by atoms with van der Waals surface area (Å²) in [6.45, 7) is 0. The monoisotopic (exact) mass is 456 g/mol. The first-order valence-corrected chi connectivity index (χ1v) is 8.75. The number of rotatable bonds is 2. The van der Waals surface area contributed by atoms with Crippen LogP contribution in [0.2, 0.25) is 10.0 Å². The molecule has 0 bridgehead atoms. The SMILES string of the molecule is CN1/C(=C/c2ccc(Br)o2)C(=O)N/C1=N\C(=O)Nc1ccc(Cl)cc1Cl. The van der Waals surface area contributed by atoms with Crippen molar-refractivity contribution in [1.82, 2.24) is 10.2 Å². The van der Waals surface area contributed by atoms with Crippen molar-refractivity contribution in [3.8, 4) is 0 Å². The first kappa shape index (κ1) is 18.5. The van der Waals surface area contributed by atoms with Crippen molar-refractivity contribution in [2.24, 2.45) is 4.99 Å². The molecule has 7 nitrogen and oxygen atoms in total. The van der Waals surface area contributed by atoms with Gasteiger partial charge in [-0.05, 0) is 46.3 Å². The molecule has 0 atom stereocenters. The molecule has 0 radical (unpaired) electrons. The Morgan fingerprint density at radius 1 is 1.35 bits per heavy atom. The fourth-order valence-corrected chi connectivity index (χ4v) is 2.93. The number of nitrogens with one attached hydrogen (secondary N) is 2. The molecule has 1 aliphatic rings. The number of anilines is 1. The van der Waals surface area contributed by atoms with Crippen LogP contribution in [0, 0.1) is 0 Å². The molecule has 3 amide bonds. The number of guanidine groups is 1. The summed E-state index contributed by atoms with van der Waals surface area (Å²) in [6.07, 6.45) is 1.54. The van der Waals surface area contributed by atoms with E-state index in [1.165, 1.54) is 17.0 Å². The Hall–Kier alpha value is -2.29. The van der Waals surface area contributed by atoms with E-state index in [0.29, 0.717) is 21.1 Å². The highest BCUT2D eigenvalue weighted by molar-refractivity contribution is 9.10. The van der Waals surface area contributed by atoms with Crippen molar-refractivity contribution in [2.75, 3.05) is 12.4 Å². The fourth-order valence-electron chi connectivity index (χ4n) is 2.15. The van der Waals surface area contributed by atoms with Gasteiger partial charge in [-0.15, -0.1) is 0 Å². The molecule has 10 heteroatoms. The molecule has 134 valence electrons. The van der Waals surface area contributed by atoms with E-state index >= 15 is 0 Å². The van der Waals surface area contributed by atoms with Crippen LogP contribution in [0.1, 0.15) is 5.76 Å². The molecule has 0 saturated carbocycles. The van der Waals surface area contributed by atoms with Gasteiger partial charge in [0, 0.05) is 18.1 Å². The first-order valence-electron chi connectivity index (χ1n) is 7.20. The Morgan fingerprint density at radius 3 is 2.77 bits per heavy atom. The van der Waals surface area contributed by atoms with E-state index in [-0.39, 0.29) is 16.7 Å². The van der Waals surface area contributed by atoms with Gasteiger partial charge in [-0.25, -0.2) is 4.79 Å². The van der Waals surface area contributed by atoms with Gasteiger partial charge in [0.15, 0.2) is 4.67 Å². The lowest BCUT2D eigenvalue weighted by Crippen LogP contribution is -2.29. The average Bonchev–Trinajstić information content (AvgIpc) is 3.09. The van der Waals surface area contributed by atoms with Gasteiger partial charge in [0.2, 0.25) is 5.96 Å². The summed E-state index contributed by atoms with van der Waals surface area (Å²) in [5, 5.41) is 5.77. The number of nitrogens with zero attached hydrogens (tertiary/aromatic N) is 2. The summed E-state index contributed by atoms with van der Waals surface area (Å²) >= 11 is 15.0. The third-order valence-electron chi connectivity index (χ3n) is 3.39. The molecule has 0 spiro atoms. The second-order valence-electron chi connectivity index (χ2n) is 5.17. The molecular formula is C16H11BrCl2N4O3. The standard InChI is InChI=1S/C16H11BrCl2N4O3/c1-23-12(7-9-3-5-13(17)26-9)14(24)21-15(23)22-16(25)20-11-4-2-8(18)6-10(11)19/h2-7H,1H3,(H2,20,21,22,24,25)/b12-7+. The number of amides is 3. The van der Waals surface area contributed by atoms with Gasteiger partial charge in [0.25, 0.3) is 5.91 Å². The Labute approximate surface area is 166 Å². The summed E-state index contributed by atoms with van der Waals surface area (Å²) in [6, 6.07) is 7.35. The molecule has 3 rings (SSSR count). The second kappa shape index (κ2) is 7.53. The summed E-state index contributed by atoms with van der Waals surface area (Å²) in [4.78, 5) is 29.5. The van der Waals surface area contributed by atoms with Gasteiger partial charge in [-0.3, -0.25) is 10.1 Å². The van der Waals surface area contributed by atoms with Gasteiger partial charge in [0.05, 0.1) is 10.7 Å². The zero-order valence-corrected chi connectivity index (χ0v) is 16.3. The van der Waals surface area contributed by atoms with Crippen LogP contribution >= 0.6 is 39.1 Å². The van der Waals surface area contributed by atoms with E-state index in [1.807, 2.05) is 0 Å². The van der Waals surface area contributed by atoms with Gasteiger partial charge in [-0.2, -0.15) is 4.99 Å². The van der Waals surface area contributed by atoms with Gasteiger partial charge in [-0.1, -0.05) is 23.2 Å². The van der Waals surface area contributed by atoms with Crippen LogP contribution in [-0.2, 0) is 4.79 Å². The van der Waals surface area contributed by atoms with E-state index in [1.54, 1.807) is 31.3 Å². The maximum absolute atomic E-state index is 12.1. The highest BCUT2D eigenvalue weighted by Crippen LogP contribution is 2.25. The van der Waals surface area contributed by atoms with Crippen LogP contribution in [0.3, 0.4) is 0 Å². The zero-order valence-electron chi connectivity index (χ0n) is 13.2. The molecule has 2 aromatic rings. The Bertz CT molecular complexity index is 955. The Balaban J connectivity index is 1.77. The lowest BCUT2D eigenvalue weighted by Gasteiger charge is -2.10. The Morgan fingerprint density at radius 2 is 2.12 bits per heavy atom. The number of carbonyl (C=O) groups is 2. The van der Waals surface area contributed by atoms with E-state index in [9.17, 15) is 9.59 Å². The molecule has 0 aliphatic carbocycles. The lowest BCUT2D eigenvalue weighted by molar-refractivity contribution is -0.115. The van der Waals surface area contributed by atoms with Crippen LogP contribution in [0.5, 0.6) is 0 Å². The maximum atomic E-state index is 12.1. The Kier molecular flexibility index (Phi) is 5.36. The minimum Gasteiger partial charge on any atom is -0.450 e. The maximum Gasteiger partial charge on any atom is 0.348 e. The van der Waals surface area contributed by atoms with Crippen molar-refractivity contribution in [3.05, 3.63) is 56.5 Å². The molecule has 1 aromatic carbocycles. The summed E-state index contributed by atoms with van der Waals surface area (Å²) in [5.41, 5.74) is 0.636. The smallest absolute Gasteiger partial charge is 0.348 e. The van der Waals surface area contributed by atoms with Crippen molar-refractivity contribution in [1.29, 1.82) is 0 Å². The third-order valence-corrected chi connectivity index (χ3v) is 4.36. The van der Waals surface area contributed by atoms with E-state index in [2.05, 4.69) is 31.6 Å². The molecular weight excluding hydrogens is 447 g/mol. The van der Waals surface area contributed by atoms with Gasteiger partial charge in [0.1, 0.15) is 11.5 Å². The molecule has 2 heterocycles. The number of furan rings is 1. The van der Waals surface area contributed by atoms with Crippen LogP contribution in [0.25, 0.3) is 6.08 Å². The summed E-state index contributed by atoms with van der Waals surface area (Å²) < 4.78 is 5.89. The minimum absolute atomic E-state index is 0.0782. The third kappa shape index (κ3) is 4.09. The zero-order chi connectivity index (χ0) is 18.8. The molecule has 26 heavy (non-hydrogen) atoms. The fraction of sp³-hybridized carbons (Fsp3) is 0.0625. The molecule has 1 aliphatic heterocycles. The van der Waals surface area contributed by atoms with Crippen LogP contribution < -0.4 is 10.6 Å². The summed E-state index contributed by atoms with van der Waals surface area (Å²) in [7, 11) is 1.60. The number of likely N-dealkylation sites (N-methyl/N-ethyl adjacent to an activating group) is 1.